The maximum Gasteiger partial charge on any atom is 0.416 e. The summed E-state index contributed by atoms with van der Waals surface area (Å²) in [5.74, 6) is 0.398. The zero-order valence-corrected chi connectivity index (χ0v) is 20.4. The van der Waals surface area contributed by atoms with Crippen LogP contribution in [-0.4, -0.2) is 54.5 Å². The van der Waals surface area contributed by atoms with Gasteiger partial charge in [0.2, 0.25) is 5.91 Å². The minimum Gasteiger partial charge on any atom is -0.497 e. The highest BCUT2D eigenvalue weighted by atomic mass is 19.4. The maximum atomic E-state index is 12.9. The molecule has 2 N–H and O–H groups in total. The Balaban J connectivity index is 0.00000481. The molecule has 9 heteroatoms. The van der Waals surface area contributed by atoms with Crippen LogP contribution in [0, 0.1) is 0 Å². The molecule has 0 aliphatic carbocycles. The number of benzene rings is 2. The van der Waals surface area contributed by atoms with Crippen LogP contribution >= 0.6 is 0 Å². The summed E-state index contributed by atoms with van der Waals surface area (Å²) in [7, 11) is 1.56. The minimum absolute atomic E-state index is 0. The highest BCUT2D eigenvalue weighted by Crippen LogP contribution is 2.30. The van der Waals surface area contributed by atoms with Crippen molar-refractivity contribution in [2.24, 2.45) is 0 Å². The van der Waals surface area contributed by atoms with Crippen molar-refractivity contribution in [1.29, 1.82) is 0 Å². The zero-order valence-electron chi connectivity index (χ0n) is 20.4. The van der Waals surface area contributed by atoms with Gasteiger partial charge in [0, 0.05) is 24.9 Å². The van der Waals surface area contributed by atoms with Crippen molar-refractivity contribution in [1.82, 2.24) is 10.2 Å². The van der Waals surface area contributed by atoms with E-state index < -0.39 is 23.9 Å². The van der Waals surface area contributed by atoms with E-state index >= 15 is 0 Å². The van der Waals surface area contributed by atoms with Crippen molar-refractivity contribution in [2.45, 2.75) is 64.3 Å². The Hall–Kier alpha value is -2.91. The zero-order chi connectivity index (χ0) is 26.1. The predicted octanol–water partition coefficient (Wildman–Crippen LogP) is 5.41. The van der Waals surface area contributed by atoms with Crippen molar-refractivity contribution in [2.75, 3.05) is 26.7 Å². The number of hydrogen-bond acceptors (Lipinski definition) is 5. The van der Waals surface area contributed by atoms with E-state index in [2.05, 4.69) is 10.2 Å². The van der Waals surface area contributed by atoms with Crippen LogP contribution in [0.15, 0.2) is 48.5 Å². The largest absolute Gasteiger partial charge is 0.497 e. The number of ketones is 1. The van der Waals surface area contributed by atoms with Crippen molar-refractivity contribution < 1.29 is 32.6 Å². The van der Waals surface area contributed by atoms with Crippen molar-refractivity contribution >= 4 is 11.7 Å². The number of hydrogen-bond donors (Lipinski definition) is 2. The normalized spacial score (nSPS) is 15.5. The molecule has 1 saturated heterocycles. The standard InChI is InChI=1S/C27H33F3N2O4.CH4/c1-36-22-14-10-19(11-15-22)24(33)6-2-3-7-25(34)31-23(18-32-16-4-5-17-32)26(35)20-8-12-21(13-9-20)27(28,29)30;/h8-15,23,26,35H,2-7,16-18H2,1H3,(H,31,34);1H4/t23-,26-;/m1./s1. The lowest BCUT2D eigenvalue weighted by molar-refractivity contribution is -0.137. The van der Waals surface area contributed by atoms with Crippen molar-refractivity contribution in [3.8, 4) is 5.75 Å². The molecule has 1 fully saturated rings. The smallest absolute Gasteiger partial charge is 0.416 e. The van der Waals surface area contributed by atoms with Gasteiger partial charge in [0.25, 0.3) is 0 Å². The second kappa shape index (κ2) is 14.1. The Labute approximate surface area is 216 Å². The van der Waals surface area contributed by atoms with Crippen LogP contribution < -0.4 is 10.1 Å². The van der Waals surface area contributed by atoms with E-state index in [1.54, 1.807) is 31.4 Å². The molecule has 37 heavy (non-hydrogen) atoms. The molecule has 0 saturated carbocycles. The minimum atomic E-state index is -4.46. The Bertz CT molecular complexity index is 988. The number of methoxy groups -OCH3 is 1. The van der Waals surface area contributed by atoms with Crippen molar-refractivity contribution in [3.05, 3.63) is 65.2 Å². The highest BCUT2D eigenvalue weighted by molar-refractivity contribution is 5.96. The first-order chi connectivity index (χ1) is 17.2. The molecular formula is C28H37F3N2O4. The highest BCUT2D eigenvalue weighted by Gasteiger charge is 2.31. The first-order valence-corrected chi connectivity index (χ1v) is 12.2. The molecule has 204 valence electrons. The predicted molar refractivity (Wildman–Crippen MR) is 137 cm³/mol. The van der Waals surface area contributed by atoms with Crippen LogP contribution in [0.2, 0.25) is 0 Å². The van der Waals surface area contributed by atoms with Crippen LogP contribution in [0.3, 0.4) is 0 Å². The number of nitrogens with zero attached hydrogens (tertiary/aromatic N) is 1. The van der Waals surface area contributed by atoms with E-state index in [1.165, 1.54) is 12.1 Å². The molecule has 2 aromatic rings. The molecule has 1 heterocycles. The fraction of sp³-hybridized carbons (Fsp3) is 0.500. The molecule has 0 unspecified atom stereocenters. The van der Waals surface area contributed by atoms with E-state index in [9.17, 15) is 27.9 Å². The summed E-state index contributed by atoms with van der Waals surface area (Å²) < 4.78 is 43.8. The van der Waals surface area contributed by atoms with Gasteiger partial charge in [-0.25, -0.2) is 0 Å². The number of likely N-dealkylation sites (tertiary alicyclic amines) is 1. The molecule has 1 aliphatic rings. The van der Waals surface area contributed by atoms with Crippen LogP contribution in [0.25, 0.3) is 0 Å². The number of halogens is 3. The van der Waals surface area contributed by atoms with Gasteiger partial charge in [-0.2, -0.15) is 13.2 Å². The Morgan fingerprint density at radius 2 is 1.59 bits per heavy atom. The fourth-order valence-electron chi connectivity index (χ4n) is 4.34. The number of aliphatic hydroxyl groups is 1. The van der Waals surface area contributed by atoms with Crippen LogP contribution in [0.5, 0.6) is 5.75 Å². The molecule has 0 aromatic heterocycles. The number of ether oxygens (including phenoxy) is 1. The fourth-order valence-corrected chi connectivity index (χ4v) is 4.34. The number of Topliss-reactive ketones (excluding diaryl/α,β-unsaturated/α-hetero) is 1. The second-order valence-electron chi connectivity index (χ2n) is 9.11. The van der Waals surface area contributed by atoms with E-state index in [-0.39, 0.29) is 25.5 Å². The van der Waals surface area contributed by atoms with Gasteiger partial charge >= 0.3 is 6.18 Å². The molecule has 2 atom stereocenters. The molecule has 6 nitrogen and oxygen atoms in total. The van der Waals surface area contributed by atoms with Gasteiger partial charge < -0.3 is 20.1 Å². The number of nitrogens with one attached hydrogen (secondary N) is 1. The monoisotopic (exact) mass is 522 g/mol. The number of carbonyl (C=O) groups excluding carboxylic acids is 2. The summed E-state index contributed by atoms with van der Waals surface area (Å²) in [6.07, 6.45) is -2.01. The second-order valence-corrected chi connectivity index (χ2v) is 9.11. The molecule has 2 aromatic carbocycles. The summed E-state index contributed by atoms with van der Waals surface area (Å²) in [4.78, 5) is 27.1. The maximum absolute atomic E-state index is 12.9. The number of aliphatic hydroxyl groups excluding tert-OH is 1. The number of amides is 1. The van der Waals surface area contributed by atoms with Gasteiger partial charge in [-0.1, -0.05) is 19.6 Å². The molecule has 0 radical (unpaired) electrons. The number of unbranched alkanes of at least 4 members (excludes halogenated alkanes) is 1. The van der Waals surface area contributed by atoms with E-state index in [1.807, 2.05) is 0 Å². The summed E-state index contributed by atoms with van der Waals surface area (Å²) in [5.41, 5.74) is 0.117. The molecule has 0 spiro atoms. The quantitative estimate of drug-likeness (QED) is 0.288. The third kappa shape index (κ3) is 9.16. The summed E-state index contributed by atoms with van der Waals surface area (Å²) in [6.45, 7) is 2.10. The van der Waals surface area contributed by atoms with Gasteiger partial charge in [-0.15, -0.1) is 0 Å². The Morgan fingerprint density at radius 1 is 1.00 bits per heavy atom. The molecule has 0 bridgehead atoms. The molecule has 3 rings (SSSR count). The Morgan fingerprint density at radius 3 is 2.16 bits per heavy atom. The van der Waals surface area contributed by atoms with Crippen LogP contribution in [0.4, 0.5) is 13.2 Å². The summed E-state index contributed by atoms with van der Waals surface area (Å²) in [6, 6.07) is 10.6. The van der Waals surface area contributed by atoms with Gasteiger partial charge in [-0.05, 0) is 80.7 Å². The molecular weight excluding hydrogens is 485 g/mol. The van der Waals surface area contributed by atoms with Crippen LogP contribution in [-0.2, 0) is 11.0 Å². The van der Waals surface area contributed by atoms with Gasteiger partial charge in [0.1, 0.15) is 11.9 Å². The summed E-state index contributed by atoms with van der Waals surface area (Å²) >= 11 is 0. The molecule has 1 amide bonds. The van der Waals surface area contributed by atoms with Crippen LogP contribution in [0.1, 0.15) is 73.5 Å². The van der Waals surface area contributed by atoms with E-state index in [4.69, 9.17) is 4.74 Å². The molecule has 1 aliphatic heterocycles. The Kier molecular flexibility index (Phi) is 11.6. The number of carbonyl (C=O) groups is 2. The SMILES string of the molecule is C.COc1ccc(C(=O)CCCCC(=O)N[C@H](CN2CCCC2)[C@H](O)c2ccc(C(F)(F)F)cc2)cc1. The van der Waals surface area contributed by atoms with Gasteiger partial charge in [0.05, 0.1) is 18.7 Å². The third-order valence-electron chi connectivity index (χ3n) is 6.43. The lowest BCUT2D eigenvalue weighted by Crippen LogP contribution is -2.46. The average Bonchev–Trinajstić information content (AvgIpc) is 3.38. The first-order valence-electron chi connectivity index (χ1n) is 12.2. The van der Waals surface area contributed by atoms with Gasteiger partial charge in [0.15, 0.2) is 5.78 Å². The third-order valence-corrected chi connectivity index (χ3v) is 6.43. The lowest BCUT2D eigenvalue weighted by atomic mass is 9.99. The van der Waals surface area contributed by atoms with E-state index in [0.717, 1.165) is 38.1 Å². The topological polar surface area (TPSA) is 78.9 Å². The van der Waals surface area contributed by atoms with E-state index in [0.29, 0.717) is 42.7 Å². The van der Waals surface area contributed by atoms with Gasteiger partial charge in [-0.3, -0.25) is 9.59 Å². The number of rotatable bonds is 12. The number of alkyl halides is 3. The first kappa shape index (κ1) is 30.3. The average molecular weight is 523 g/mol. The lowest BCUT2D eigenvalue weighted by Gasteiger charge is -2.29. The van der Waals surface area contributed by atoms with Crippen molar-refractivity contribution in [3.63, 3.8) is 0 Å². The summed E-state index contributed by atoms with van der Waals surface area (Å²) in [5, 5.41) is 13.8.